The molecule has 0 radical (unpaired) electrons. The third kappa shape index (κ3) is 2.07. The Kier molecular flexibility index (Phi) is 3.17. The number of thiophene rings is 1. The summed E-state index contributed by atoms with van der Waals surface area (Å²) in [7, 11) is 2.00. The molecule has 3 heteroatoms. The minimum Gasteiger partial charge on any atom is -0.464 e. The van der Waals surface area contributed by atoms with Crippen LogP contribution in [0.2, 0.25) is 0 Å². The van der Waals surface area contributed by atoms with E-state index in [9.17, 15) is 0 Å². The number of hydrogen-bond donors (Lipinski definition) is 1. The fraction of sp³-hybridized carbons (Fsp3) is 0.200. The topological polar surface area (TPSA) is 25.2 Å². The van der Waals surface area contributed by atoms with E-state index in [0.29, 0.717) is 6.04 Å². The summed E-state index contributed by atoms with van der Waals surface area (Å²) in [6, 6.07) is 10.7. The first-order valence-electron chi connectivity index (χ1n) is 6.03. The van der Waals surface area contributed by atoms with Gasteiger partial charge in [-0.3, -0.25) is 0 Å². The highest BCUT2D eigenvalue weighted by molar-refractivity contribution is 7.07. The Morgan fingerprint density at radius 2 is 2.17 bits per heavy atom. The van der Waals surface area contributed by atoms with Crippen molar-refractivity contribution in [1.29, 1.82) is 0 Å². The lowest BCUT2D eigenvalue weighted by molar-refractivity contribution is 0.564. The summed E-state index contributed by atoms with van der Waals surface area (Å²) in [4.78, 5) is 0. The molecule has 1 aromatic carbocycles. The molecule has 1 unspecified atom stereocenters. The molecule has 0 saturated carbocycles. The van der Waals surface area contributed by atoms with Crippen LogP contribution in [0.4, 0.5) is 0 Å². The molecule has 3 aromatic rings. The Morgan fingerprint density at radius 3 is 2.94 bits per heavy atom. The van der Waals surface area contributed by atoms with Crippen molar-refractivity contribution in [1.82, 2.24) is 5.32 Å². The van der Waals surface area contributed by atoms with Gasteiger partial charge >= 0.3 is 0 Å². The predicted octanol–water partition coefficient (Wildman–Crippen LogP) is 4.00. The first kappa shape index (κ1) is 11.5. The van der Waals surface area contributed by atoms with Crippen LogP contribution in [0.25, 0.3) is 11.0 Å². The van der Waals surface area contributed by atoms with Gasteiger partial charge in [0, 0.05) is 17.0 Å². The Balaban J connectivity index is 1.96. The van der Waals surface area contributed by atoms with Crippen molar-refractivity contribution >= 4 is 22.3 Å². The molecule has 18 heavy (non-hydrogen) atoms. The van der Waals surface area contributed by atoms with Gasteiger partial charge in [0.05, 0.1) is 6.26 Å². The highest BCUT2D eigenvalue weighted by Crippen LogP contribution is 2.28. The molecule has 0 amide bonds. The maximum atomic E-state index is 5.61. The number of hydrogen-bond acceptors (Lipinski definition) is 3. The van der Waals surface area contributed by atoms with E-state index < -0.39 is 0 Å². The summed E-state index contributed by atoms with van der Waals surface area (Å²) in [5, 5.41) is 8.90. The largest absolute Gasteiger partial charge is 0.464 e. The van der Waals surface area contributed by atoms with E-state index in [0.717, 1.165) is 12.0 Å². The van der Waals surface area contributed by atoms with Gasteiger partial charge in [-0.1, -0.05) is 18.2 Å². The lowest BCUT2D eigenvalue weighted by Gasteiger charge is -2.14. The van der Waals surface area contributed by atoms with Crippen LogP contribution in [0, 0.1) is 0 Å². The Hall–Kier alpha value is -1.58. The van der Waals surface area contributed by atoms with E-state index in [1.807, 2.05) is 25.4 Å². The van der Waals surface area contributed by atoms with E-state index >= 15 is 0 Å². The first-order valence-corrected chi connectivity index (χ1v) is 6.97. The van der Waals surface area contributed by atoms with Crippen LogP contribution < -0.4 is 5.32 Å². The van der Waals surface area contributed by atoms with Gasteiger partial charge < -0.3 is 9.73 Å². The molecule has 0 aliphatic rings. The molecule has 0 aliphatic heterocycles. The van der Waals surface area contributed by atoms with Crippen LogP contribution in [0.5, 0.6) is 0 Å². The molecule has 2 aromatic heterocycles. The molecule has 0 aliphatic carbocycles. The lowest BCUT2D eigenvalue weighted by Crippen LogP contribution is -2.18. The van der Waals surface area contributed by atoms with E-state index in [1.165, 1.54) is 16.5 Å². The van der Waals surface area contributed by atoms with E-state index in [2.05, 4.69) is 34.3 Å². The van der Waals surface area contributed by atoms with Crippen LogP contribution in [0.3, 0.4) is 0 Å². The number of likely N-dealkylation sites (N-methyl/N-ethyl adjacent to an activating group) is 1. The fourth-order valence-corrected chi connectivity index (χ4v) is 2.96. The summed E-state index contributed by atoms with van der Waals surface area (Å²) in [5.74, 6) is 0. The Labute approximate surface area is 110 Å². The third-order valence-electron chi connectivity index (χ3n) is 3.25. The highest BCUT2D eigenvalue weighted by atomic mass is 32.1. The van der Waals surface area contributed by atoms with Gasteiger partial charge in [0.15, 0.2) is 0 Å². The summed E-state index contributed by atoms with van der Waals surface area (Å²) in [6.45, 7) is 0. The summed E-state index contributed by atoms with van der Waals surface area (Å²) < 4.78 is 5.61. The summed E-state index contributed by atoms with van der Waals surface area (Å²) >= 11 is 1.74. The smallest absolute Gasteiger partial charge is 0.134 e. The second-order valence-corrected chi connectivity index (χ2v) is 5.14. The second-order valence-electron chi connectivity index (χ2n) is 4.36. The lowest BCUT2D eigenvalue weighted by atomic mass is 10.0. The SMILES string of the molecule is CNC(Cc1ccsc1)c1coc2ccccc12. The van der Waals surface area contributed by atoms with Crippen LogP contribution in [-0.2, 0) is 6.42 Å². The number of rotatable bonds is 4. The number of furan rings is 1. The molecule has 3 rings (SSSR count). The highest BCUT2D eigenvalue weighted by Gasteiger charge is 2.15. The van der Waals surface area contributed by atoms with Crippen LogP contribution in [0.1, 0.15) is 17.2 Å². The van der Waals surface area contributed by atoms with Gasteiger partial charge in [-0.25, -0.2) is 0 Å². The zero-order valence-corrected chi connectivity index (χ0v) is 11.0. The van der Waals surface area contributed by atoms with Gasteiger partial charge in [-0.2, -0.15) is 11.3 Å². The van der Waals surface area contributed by atoms with Gasteiger partial charge in [0.25, 0.3) is 0 Å². The van der Waals surface area contributed by atoms with Crippen LogP contribution in [0.15, 0.2) is 51.8 Å². The molecule has 2 nitrogen and oxygen atoms in total. The molecular formula is C15H15NOS. The molecule has 0 spiro atoms. The van der Waals surface area contributed by atoms with E-state index in [-0.39, 0.29) is 0 Å². The monoisotopic (exact) mass is 257 g/mol. The number of nitrogens with one attached hydrogen (secondary N) is 1. The van der Waals surface area contributed by atoms with Crippen molar-refractivity contribution in [2.75, 3.05) is 7.05 Å². The predicted molar refractivity (Wildman–Crippen MR) is 76.0 cm³/mol. The maximum Gasteiger partial charge on any atom is 0.134 e. The molecule has 1 N–H and O–H groups in total. The standard InChI is InChI=1S/C15H15NOS/c1-16-14(8-11-6-7-18-10-11)13-9-17-15-5-3-2-4-12(13)15/h2-7,9-10,14,16H,8H2,1H3. The van der Waals surface area contributed by atoms with E-state index in [1.54, 1.807) is 11.3 Å². The van der Waals surface area contributed by atoms with Gasteiger partial charge in [0.2, 0.25) is 0 Å². The summed E-state index contributed by atoms with van der Waals surface area (Å²) in [5.41, 5.74) is 3.56. The average molecular weight is 257 g/mol. The van der Waals surface area contributed by atoms with Crippen LogP contribution >= 0.6 is 11.3 Å². The van der Waals surface area contributed by atoms with Crippen molar-refractivity contribution in [3.05, 3.63) is 58.5 Å². The molecule has 0 saturated heterocycles. The Morgan fingerprint density at radius 1 is 1.28 bits per heavy atom. The average Bonchev–Trinajstić information content (AvgIpc) is 3.05. The Bertz CT molecular complexity index is 627. The zero-order chi connectivity index (χ0) is 12.4. The van der Waals surface area contributed by atoms with E-state index in [4.69, 9.17) is 4.42 Å². The quantitative estimate of drug-likeness (QED) is 0.764. The van der Waals surface area contributed by atoms with Crippen molar-refractivity contribution in [2.24, 2.45) is 0 Å². The number of para-hydroxylation sites is 1. The van der Waals surface area contributed by atoms with Gasteiger partial charge in [-0.05, 0) is 41.9 Å². The molecule has 92 valence electrons. The normalized spacial score (nSPS) is 12.9. The number of benzene rings is 1. The maximum absolute atomic E-state index is 5.61. The minimum absolute atomic E-state index is 0.295. The van der Waals surface area contributed by atoms with Gasteiger partial charge in [0.1, 0.15) is 5.58 Å². The third-order valence-corrected chi connectivity index (χ3v) is 3.99. The molecule has 0 bridgehead atoms. The number of fused-ring (bicyclic) bond motifs is 1. The van der Waals surface area contributed by atoms with Crippen molar-refractivity contribution in [3.63, 3.8) is 0 Å². The van der Waals surface area contributed by atoms with Crippen molar-refractivity contribution in [2.45, 2.75) is 12.5 Å². The molecule has 1 atom stereocenters. The first-order chi connectivity index (χ1) is 8.88. The van der Waals surface area contributed by atoms with Gasteiger partial charge in [-0.15, -0.1) is 0 Å². The fourth-order valence-electron chi connectivity index (χ4n) is 2.28. The van der Waals surface area contributed by atoms with Crippen LogP contribution in [-0.4, -0.2) is 7.05 Å². The summed E-state index contributed by atoms with van der Waals surface area (Å²) in [6.07, 6.45) is 2.86. The molecule has 0 fully saturated rings. The minimum atomic E-state index is 0.295. The van der Waals surface area contributed by atoms with Crippen molar-refractivity contribution < 1.29 is 4.42 Å². The zero-order valence-electron chi connectivity index (χ0n) is 10.2. The molecular weight excluding hydrogens is 242 g/mol. The van der Waals surface area contributed by atoms with Crippen molar-refractivity contribution in [3.8, 4) is 0 Å². The second kappa shape index (κ2) is 4.96. The molecule has 2 heterocycles.